The molecule has 0 fully saturated rings. The first-order valence-corrected chi connectivity index (χ1v) is 9.11. The Kier molecular flexibility index (Phi) is 8.16. The van der Waals surface area contributed by atoms with E-state index in [1.54, 1.807) is 14.2 Å². The van der Waals surface area contributed by atoms with Crippen LogP contribution in [0.15, 0.2) is 53.5 Å². The van der Waals surface area contributed by atoms with Crippen molar-refractivity contribution in [3.63, 3.8) is 0 Å². The molecule has 0 aliphatic rings. The van der Waals surface area contributed by atoms with E-state index in [9.17, 15) is 4.79 Å². The predicted octanol–water partition coefficient (Wildman–Crippen LogP) is 2.60. The molecule has 0 bridgehead atoms. The number of carbonyl (C=O) groups excluding carboxylic acids is 1. The monoisotopic (exact) mass is 368 g/mol. The van der Waals surface area contributed by atoms with E-state index in [-0.39, 0.29) is 12.5 Å². The molecule has 0 unspecified atom stereocenters. The zero-order valence-corrected chi connectivity index (χ0v) is 16.2. The van der Waals surface area contributed by atoms with Gasteiger partial charge in [-0.3, -0.25) is 9.79 Å². The Morgan fingerprint density at radius 2 is 1.93 bits per heavy atom. The van der Waals surface area contributed by atoms with Crippen molar-refractivity contribution >= 4 is 17.6 Å². The number of methoxy groups -OCH3 is 1. The molecular weight excluding hydrogens is 340 g/mol. The SMILES string of the molecule is CCc1cccc(NC(=O)CNC(=NC)NCCc2ccccc2OC)c1. The van der Waals surface area contributed by atoms with Crippen LogP contribution >= 0.6 is 0 Å². The van der Waals surface area contributed by atoms with E-state index in [1.165, 1.54) is 5.56 Å². The van der Waals surface area contributed by atoms with Crippen molar-refractivity contribution in [3.05, 3.63) is 59.7 Å². The zero-order chi connectivity index (χ0) is 19.5. The van der Waals surface area contributed by atoms with Crippen LogP contribution in [0, 0.1) is 0 Å². The smallest absolute Gasteiger partial charge is 0.243 e. The normalized spacial score (nSPS) is 11.0. The highest BCUT2D eigenvalue weighted by atomic mass is 16.5. The predicted molar refractivity (Wildman–Crippen MR) is 111 cm³/mol. The van der Waals surface area contributed by atoms with E-state index in [0.29, 0.717) is 12.5 Å². The molecule has 0 aromatic heterocycles. The average Bonchev–Trinajstić information content (AvgIpc) is 2.71. The van der Waals surface area contributed by atoms with Gasteiger partial charge >= 0.3 is 0 Å². The van der Waals surface area contributed by atoms with Crippen molar-refractivity contribution in [1.29, 1.82) is 0 Å². The first-order chi connectivity index (χ1) is 13.2. The van der Waals surface area contributed by atoms with Gasteiger partial charge < -0.3 is 20.7 Å². The molecule has 6 heteroatoms. The number of aliphatic imine (C=N–C) groups is 1. The van der Waals surface area contributed by atoms with Crippen molar-refractivity contribution < 1.29 is 9.53 Å². The van der Waals surface area contributed by atoms with Gasteiger partial charge in [0.25, 0.3) is 0 Å². The van der Waals surface area contributed by atoms with Crippen LogP contribution < -0.4 is 20.7 Å². The van der Waals surface area contributed by atoms with Crippen molar-refractivity contribution in [2.75, 3.05) is 32.6 Å². The minimum absolute atomic E-state index is 0.115. The van der Waals surface area contributed by atoms with Crippen molar-refractivity contribution in [1.82, 2.24) is 10.6 Å². The fourth-order valence-electron chi connectivity index (χ4n) is 2.68. The Hall–Kier alpha value is -3.02. The Labute approximate surface area is 161 Å². The summed E-state index contributed by atoms with van der Waals surface area (Å²) >= 11 is 0. The third-order valence-corrected chi connectivity index (χ3v) is 4.14. The molecule has 0 atom stereocenters. The Balaban J connectivity index is 1.77. The minimum Gasteiger partial charge on any atom is -0.496 e. The van der Waals surface area contributed by atoms with E-state index >= 15 is 0 Å². The number of hydrogen-bond acceptors (Lipinski definition) is 3. The number of ether oxygens (including phenoxy) is 1. The number of benzene rings is 2. The van der Waals surface area contributed by atoms with Gasteiger partial charge in [0.2, 0.25) is 5.91 Å². The maximum Gasteiger partial charge on any atom is 0.243 e. The summed E-state index contributed by atoms with van der Waals surface area (Å²) in [6.07, 6.45) is 1.73. The summed E-state index contributed by atoms with van der Waals surface area (Å²) in [5.74, 6) is 1.34. The highest BCUT2D eigenvalue weighted by molar-refractivity contribution is 5.95. The average molecular weight is 368 g/mol. The van der Waals surface area contributed by atoms with Crippen LogP contribution in [0.1, 0.15) is 18.1 Å². The topological polar surface area (TPSA) is 74.8 Å². The van der Waals surface area contributed by atoms with Crippen LogP contribution in [0.5, 0.6) is 5.75 Å². The Morgan fingerprint density at radius 1 is 1.11 bits per heavy atom. The lowest BCUT2D eigenvalue weighted by molar-refractivity contribution is -0.115. The van der Waals surface area contributed by atoms with Gasteiger partial charge in [-0.1, -0.05) is 37.3 Å². The third-order valence-electron chi connectivity index (χ3n) is 4.14. The number of rotatable bonds is 8. The van der Waals surface area contributed by atoms with Gasteiger partial charge in [-0.15, -0.1) is 0 Å². The fourth-order valence-corrected chi connectivity index (χ4v) is 2.68. The second-order valence-corrected chi connectivity index (χ2v) is 6.02. The summed E-state index contributed by atoms with van der Waals surface area (Å²) in [6.45, 7) is 2.91. The molecule has 0 radical (unpaired) electrons. The summed E-state index contributed by atoms with van der Waals surface area (Å²) < 4.78 is 5.35. The van der Waals surface area contributed by atoms with Gasteiger partial charge in [-0.05, 0) is 42.2 Å². The van der Waals surface area contributed by atoms with Crippen LogP contribution in [0.4, 0.5) is 5.69 Å². The number of aryl methyl sites for hydroxylation is 1. The van der Waals surface area contributed by atoms with E-state index in [1.807, 2.05) is 48.5 Å². The number of carbonyl (C=O) groups is 1. The van der Waals surface area contributed by atoms with Crippen LogP contribution in [0.2, 0.25) is 0 Å². The molecule has 2 aromatic carbocycles. The molecule has 27 heavy (non-hydrogen) atoms. The molecular formula is C21H28N4O2. The minimum atomic E-state index is -0.115. The summed E-state index contributed by atoms with van der Waals surface area (Å²) in [7, 11) is 3.35. The molecule has 1 amide bonds. The lowest BCUT2D eigenvalue weighted by atomic mass is 10.1. The number of amides is 1. The van der Waals surface area contributed by atoms with Gasteiger partial charge in [0, 0.05) is 19.3 Å². The van der Waals surface area contributed by atoms with Crippen LogP contribution in [0.25, 0.3) is 0 Å². The van der Waals surface area contributed by atoms with Crippen molar-refractivity contribution in [3.8, 4) is 5.75 Å². The van der Waals surface area contributed by atoms with E-state index < -0.39 is 0 Å². The lowest BCUT2D eigenvalue weighted by Gasteiger charge is -2.13. The molecule has 0 aliphatic carbocycles. The van der Waals surface area contributed by atoms with E-state index in [2.05, 4.69) is 27.9 Å². The first kappa shape index (κ1) is 20.3. The maximum atomic E-state index is 12.1. The molecule has 0 aliphatic heterocycles. The summed E-state index contributed by atoms with van der Waals surface area (Å²) in [4.78, 5) is 16.3. The summed E-state index contributed by atoms with van der Waals surface area (Å²) in [5.41, 5.74) is 3.12. The van der Waals surface area contributed by atoms with Gasteiger partial charge in [0.05, 0.1) is 13.7 Å². The number of guanidine groups is 1. The molecule has 2 rings (SSSR count). The van der Waals surface area contributed by atoms with Gasteiger partial charge in [0.1, 0.15) is 5.75 Å². The summed E-state index contributed by atoms with van der Waals surface area (Å²) in [6, 6.07) is 15.8. The third kappa shape index (κ3) is 6.66. The van der Waals surface area contributed by atoms with Gasteiger partial charge in [-0.2, -0.15) is 0 Å². The van der Waals surface area contributed by atoms with Crippen molar-refractivity contribution in [2.45, 2.75) is 19.8 Å². The lowest BCUT2D eigenvalue weighted by Crippen LogP contribution is -2.42. The number of para-hydroxylation sites is 1. The van der Waals surface area contributed by atoms with Crippen LogP contribution in [0.3, 0.4) is 0 Å². The quantitative estimate of drug-likeness (QED) is 0.495. The van der Waals surface area contributed by atoms with E-state index in [0.717, 1.165) is 29.8 Å². The Morgan fingerprint density at radius 3 is 2.67 bits per heavy atom. The number of nitrogens with zero attached hydrogens (tertiary/aromatic N) is 1. The van der Waals surface area contributed by atoms with Crippen LogP contribution in [-0.2, 0) is 17.6 Å². The molecule has 0 saturated carbocycles. The molecule has 2 aromatic rings. The van der Waals surface area contributed by atoms with Crippen LogP contribution in [-0.4, -0.2) is 39.1 Å². The molecule has 144 valence electrons. The fraction of sp³-hybridized carbons (Fsp3) is 0.333. The standard InChI is InChI=1S/C21H28N4O2/c1-4-16-8-7-10-18(14-16)25-20(26)15-24-21(22-2)23-13-12-17-9-5-6-11-19(17)27-3/h5-11,14H,4,12-13,15H2,1-3H3,(H,25,26)(H2,22,23,24). The highest BCUT2D eigenvalue weighted by Crippen LogP contribution is 2.17. The molecule has 0 heterocycles. The molecule has 3 N–H and O–H groups in total. The Bertz CT molecular complexity index is 774. The largest absolute Gasteiger partial charge is 0.496 e. The number of hydrogen-bond donors (Lipinski definition) is 3. The van der Waals surface area contributed by atoms with E-state index in [4.69, 9.17) is 4.74 Å². The molecule has 6 nitrogen and oxygen atoms in total. The number of nitrogens with one attached hydrogen (secondary N) is 3. The molecule has 0 spiro atoms. The number of anilines is 1. The highest BCUT2D eigenvalue weighted by Gasteiger charge is 2.06. The van der Waals surface area contributed by atoms with Gasteiger partial charge in [-0.25, -0.2) is 0 Å². The first-order valence-electron chi connectivity index (χ1n) is 9.11. The summed E-state index contributed by atoms with van der Waals surface area (Å²) in [5, 5.41) is 9.13. The molecule has 0 saturated heterocycles. The maximum absolute atomic E-state index is 12.1. The second kappa shape index (κ2) is 10.9. The zero-order valence-electron chi connectivity index (χ0n) is 16.2. The second-order valence-electron chi connectivity index (χ2n) is 6.02. The van der Waals surface area contributed by atoms with Gasteiger partial charge in [0.15, 0.2) is 5.96 Å². The van der Waals surface area contributed by atoms with Crippen molar-refractivity contribution in [2.24, 2.45) is 4.99 Å².